The van der Waals surface area contributed by atoms with Crippen LogP contribution in [0.1, 0.15) is 36.8 Å². The first-order valence-corrected chi connectivity index (χ1v) is 12.4. The maximum Gasteiger partial charge on any atom is 0.313 e. The smallest absolute Gasteiger partial charge is 0.313 e. The van der Waals surface area contributed by atoms with E-state index in [1.165, 1.54) is 0 Å². The van der Waals surface area contributed by atoms with Crippen molar-refractivity contribution in [3.05, 3.63) is 58.6 Å². The van der Waals surface area contributed by atoms with Crippen LogP contribution < -0.4 is 10.6 Å². The van der Waals surface area contributed by atoms with E-state index in [0.29, 0.717) is 40.6 Å². The van der Waals surface area contributed by atoms with Gasteiger partial charge in [0, 0.05) is 19.1 Å². The van der Waals surface area contributed by atoms with E-state index >= 15 is 0 Å². The fraction of sp³-hybridized carbons (Fsp3) is 0.391. The number of hydrogen-bond donors (Lipinski definition) is 2. The molecule has 172 valence electrons. The Morgan fingerprint density at radius 2 is 1.84 bits per heavy atom. The minimum atomic E-state index is -3.65. The minimum Gasteiger partial charge on any atom is -0.348 e. The molecule has 2 aromatic rings. The summed E-state index contributed by atoms with van der Waals surface area (Å²) in [6.07, 6.45) is 2.86. The number of aryl methyl sites for hydroxylation is 2. The van der Waals surface area contributed by atoms with Crippen LogP contribution in [-0.4, -0.2) is 43.7 Å². The maximum atomic E-state index is 13.4. The number of benzene rings is 2. The van der Waals surface area contributed by atoms with Crippen molar-refractivity contribution in [2.75, 3.05) is 18.4 Å². The van der Waals surface area contributed by atoms with Gasteiger partial charge in [0.2, 0.25) is 10.0 Å². The Bertz CT molecular complexity index is 1100. The van der Waals surface area contributed by atoms with E-state index in [-0.39, 0.29) is 12.6 Å². The van der Waals surface area contributed by atoms with Gasteiger partial charge in [-0.05, 0) is 62.4 Å². The molecule has 1 saturated heterocycles. The number of nitrogens with zero attached hydrogens (tertiary/aromatic N) is 1. The van der Waals surface area contributed by atoms with E-state index in [2.05, 4.69) is 10.6 Å². The highest BCUT2D eigenvalue weighted by molar-refractivity contribution is 7.89. The molecule has 2 amide bonds. The molecule has 0 radical (unpaired) electrons. The molecule has 3 rings (SSSR count). The van der Waals surface area contributed by atoms with Crippen molar-refractivity contribution < 1.29 is 18.0 Å². The monoisotopic (exact) mass is 477 g/mol. The van der Waals surface area contributed by atoms with Crippen LogP contribution in [0, 0.1) is 13.8 Å². The van der Waals surface area contributed by atoms with Crippen molar-refractivity contribution in [3.63, 3.8) is 0 Å². The molecule has 0 aliphatic carbocycles. The van der Waals surface area contributed by atoms with Crippen LogP contribution in [0.2, 0.25) is 5.02 Å². The van der Waals surface area contributed by atoms with Crippen molar-refractivity contribution in [2.45, 2.75) is 50.5 Å². The van der Waals surface area contributed by atoms with Crippen LogP contribution in [0.25, 0.3) is 0 Å². The van der Waals surface area contributed by atoms with E-state index in [1.54, 1.807) is 41.6 Å². The van der Waals surface area contributed by atoms with Gasteiger partial charge in [0.15, 0.2) is 0 Å². The highest BCUT2D eigenvalue weighted by atomic mass is 35.5. The Morgan fingerprint density at radius 3 is 2.59 bits per heavy atom. The molecule has 9 heteroatoms. The highest BCUT2D eigenvalue weighted by Gasteiger charge is 2.34. The molecule has 2 N–H and O–H groups in total. The lowest BCUT2D eigenvalue weighted by molar-refractivity contribution is -0.136. The second-order valence-electron chi connectivity index (χ2n) is 8.01. The molecule has 1 aliphatic rings. The minimum absolute atomic E-state index is 0.193. The second-order valence-corrected chi connectivity index (χ2v) is 10.3. The number of halogens is 1. The summed E-state index contributed by atoms with van der Waals surface area (Å²) in [6.45, 7) is 4.30. The Kier molecular flexibility index (Phi) is 7.92. The van der Waals surface area contributed by atoms with Crippen LogP contribution in [0.3, 0.4) is 0 Å². The van der Waals surface area contributed by atoms with Gasteiger partial charge in [0.1, 0.15) is 0 Å². The SMILES string of the molecule is Cc1ccc(C)c(S(=O)(=O)N2CCCC[C@@H]2CCNC(=O)C(=O)Nc2ccccc2Cl)c1. The molecule has 2 aromatic carbocycles. The molecule has 1 atom stereocenters. The van der Waals surface area contributed by atoms with E-state index in [4.69, 9.17) is 11.6 Å². The molecular weight excluding hydrogens is 450 g/mol. The van der Waals surface area contributed by atoms with Crippen LogP contribution in [0.5, 0.6) is 0 Å². The van der Waals surface area contributed by atoms with Crippen LogP contribution in [0.15, 0.2) is 47.4 Å². The number of amides is 2. The summed E-state index contributed by atoms with van der Waals surface area (Å²) in [5.41, 5.74) is 1.95. The third-order valence-electron chi connectivity index (χ3n) is 5.59. The Morgan fingerprint density at radius 1 is 1.09 bits per heavy atom. The summed E-state index contributed by atoms with van der Waals surface area (Å²) in [5, 5.41) is 5.40. The van der Waals surface area contributed by atoms with Gasteiger partial charge in [-0.25, -0.2) is 8.42 Å². The van der Waals surface area contributed by atoms with Gasteiger partial charge in [0.25, 0.3) is 0 Å². The maximum absolute atomic E-state index is 13.4. The molecule has 32 heavy (non-hydrogen) atoms. The molecule has 1 fully saturated rings. The van der Waals surface area contributed by atoms with Crippen LogP contribution >= 0.6 is 11.6 Å². The molecular formula is C23H28ClN3O4S. The largest absolute Gasteiger partial charge is 0.348 e. The average molecular weight is 478 g/mol. The Hall–Kier alpha value is -2.42. The van der Waals surface area contributed by atoms with Gasteiger partial charge in [-0.15, -0.1) is 0 Å². The van der Waals surface area contributed by atoms with Crippen molar-refractivity contribution in [3.8, 4) is 0 Å². The van der Waals surface area contributed by atoms with E-state index < -0.39 is 21.8 Å². The van der Waals surface area contributed by atoms with Crippen molar-refractivity contribution in [1.29, 1.82) is 0 Å². The van der Waals surface area contributed by atoms with Gasteiger partial charge in [0.05, 0.1) is 15.6 Å². The molecule has 0 bridgehead atoms. The topological polar surface area (TPSA) is 95.6 Å². The Balaban J connectivity index is 1.62. The highest BCUT2D eigenvalue weighted by Crippen LogP contribution is 2.29. The third-order valence-corrected chi connectivity index (χ3v) is 8.02. The summed E-state index contributed by atoms with van der Waals surface area (Å²) in [7, 11) is -3.65. The van der Waals surface area contributed by atoms with E-state index in [9.17, 15) is 18.0 Å². The lowest BCUT2D eigenvalue weighted by atomic mass is 10.0. The lowest BCUT2D eigenvalue weighted by Gasteiger charge is -2.35. The lowest BCUT2D eigenvalue weighted by Crippen LogP contribution is -2.46. The number of piperidine rings is 1. The zero-order chi connectivity index (χ0) is 23.3. The van der Waals surface area contributed by atoms with Crippen LogP contribution in [0.4, 0.5) is 5.69 Å². The first kappa shape index (κ1) is 24.2. The molecule has 1 aliphatic heterocycles. The zero-order valence-corrected chi connectivity index (χ0v) is 19.8. The van der Waals surface area contributed by atoms with Gasteiger partial charge in [-0.2, -0.15) is 4.31 Å². The number of para-hydroxylation sites is 1. The molecule has 0 saturated carbocycles. The summed E-state index contributed by atoms with van der Waals surface area (Å²) in [4.78, 5) is 24.6. The van der Waals surface area contributed by atoms with E-state index in [0.717, 1.165) is 18.4 Å². The first-order valence-electron chi connectivity index (χ1n) is 10.6. The number of nitrogens with one attached hydrogen (secondary N) is 2. The third kappa shape index (κ3) is 5.68. The van der Waals surface area contributed by atoms with Crippen molar-refractivity contribution >= 4 is 39.1 Å². The standard InChI is InChI=1S/C23H28ClN3O4S/c1-16-10-11-17(2)21(15-16)32(30,31)27-14-6-5-7-18(27)12-13-25-22(28)23(29)26-20-9-4-3-8-19(20)24/h3-4,8-11,15,18H,5-7,12-14H2,1-2H3,(H,25,28)(H,26,29)/t18-/m1/s1. The Labute approximate surface area is 194 Å². The fourth-order valence-electron chi connectivity index (χ4n) is 3.86. The summed E-state index contributed by atoms with van der Waals surface area (Å²) in [6, 6.07) is 11.8. The summed E-state index contributed by atoms with van der Waals surface area (Å²) in [5.74, 6) is -1.61. The van der Waals surface area contributed by atoms with Gasteiger partial charge >= 0.3 is 11.8 Å². The number of sulfonamides is 1. The second kappa shape index (κ2) is 10.5. The predicted octanol–water partition coefficient (Wildman–Crippen LogP) is 3.65. The van der Waals surface area contributed by atoms with Gasteiger partial charge in [-0.1, -0.05) is 42.3 Å². The number of rotatable bonds is 6. The van der Waals surface area contributed by atoms with Gasteiger partial charge < -0.3 is 10.6 Å². The number of anilines is 1. The molecule has 7 nitrogen and oxygen atoms in total. The predicted molar refractivity (Wildman–Crippen MR) is 125 cm³/mol. The van der Waals surface area contributed by atoms with Gasteiger partial charge in [-0.3, -0.25) is 9.59 Å². The number of hydrogen-bond acceptors (Lipinski definition) is 4. The molecule has 1 heterocycles. The number of carbonyl (C=O) groups is 2. The van der Waals surface area contributed by atoms with Crippen molar-refractivity contribution in [2.24, 2.45) is 0 Å². The van der Waals surface area contributed by atoms with Crippen molar-refractivity contribution in [1.82, 2.24) is 9.62 Å². The summed E-state index contributed by atoms with van der Waals surface area (Å²) < 4.78 is 28.3. The zero-order valence-electron chi connectivity index (χ0n) is 18.2. The summed E-state index contributed by atoms with van der Waals surface area (Å²) >= 11 is 6.00. The first-order chi connectivity index (χ1) is 15.2. The van der Waals surface area contributed by atoms with Crippen LogP contribution in [-0.2, 0) is 19.6 Å². The average Bonchev–Trinajstić information content (AvgIpc) is 2.77. The quantitative estimate of drug-likeness (QED) is 0.621. The number of carbonyl (C=O) groups excluding carboxylic acids is 2. The van der Waals surface area contributed by atoms with E-state index in [1.807, 2.05) is 19.1 Å². The normalized spacial score (nSPS) is 17.0. The molecule has 0 spiro atoms. The fourth-order valence-corrected chi connectivity index (χ4v) is 6.08. The molecule has 0 unspecified atom stereocenters. The molecule has 0 aromatic heterocycles.